The molecule has 138 valence electrons. The predicted molar refractivity (Wildman–Crippen MR) is 96.5 cm³/mol. The largest absolute Gasteiger partial charge is 0.381 e. The maximum Gasteiger partial charge on any atom is 0.233 e. The van der Waals surface area contributed by atoms with Crippen LogP contribution in [0.2, 0.25) is 0 Å². The molecule has 3 aliphatic rings. The lowest BCUT2D eigenvalue weighted by Gasteiger charge is -2.42. The topological polar surface area (TPSA) is 41.6 Å². The van der Waals surface area contributed by atoms with E-state index in [1.165, 1.54) is 6.07 Å². The molecule has 2 atom stereocenters. The lowest BCUT2D eigenvalue weighted by atomic mass is 9.72. The van der Waals surface area contributed by atoms with Crippen LogP contribution < -0.4 is 5.32 Å². The van der Waals surface area contributed by atoms with Gasteiger partial charge >= 0.3 is 0 Å². The fraction of sp³-hybridized carbons (Fsp3) is 0.632. The van der Waals surface area contributed by atoms with Crippen LogP contribution in [-0.2, 0) is 14.9 Å². The number of nitrogens with zero attached hydrogens (tertiary/aromatic N) is 1. The summed E-state index contributed by atoms with van der Waals surface area (Å²) in [5, 5.41) is 3.45. The number of ether oxygens (including phenoxy) is 1. The number of benzene rings is 1. The zero-order valence-corrected chi connectivity index (χ0v) is 15.2. The Labute approximate surface area is 154 Å². The molecule has 0 saturated carbocycles. The number of hydrogen-bond acceptors (Lipinski definition) is 3. The lowest BCUT2D eigenvalue weighted by Crippen LogP contribution is -2.54. The first-order valence-corrected chi connectivity index (χ1v) is 9.08. The van der Waals surface area contributed by atoms with Gasteiger partial charge in [-0.25, -0.2) is 4.39 Å². The SMILES string of the molecule is Cl.O=C(N1C2CCNCC1CC2)C1(c2cccc(F)c2)CCOCC1. The third-order valence-corrected chi connectivity index (χ3v) is 6.02. The Morgan fingerprint density at radius 2 is 1.96 bits per heavy atom. The summed E-state index contributed by atoms with van der Waals surface area (Å²) in [6.07, 6.45) is 4.45. The number of hydrogen-bond donors (Lipinski definition) is 1. The Morgan fingerprint density at radius 3 is 2.72 bits per heavy atom. The highest BCUT2D eigenvalue weighted by Crippen LogP contribution is 2.41. The Kier molecular flexibility index (Phi) is 5.66. The van der Waals surface area contributed by atoms with E-state index in [1.54, 1.807) is 12.1 Å². The fourth-order valence-corrected chi connectivity index (χ4v) is 4.69. The molecule has 0 aliphatic carbocycles. The summed E-state index contributed by atoms with van der Waals surface area (Å²) >= 11 is 0. The molecular formula is C19H26ClFN2O2. The van der Waals surface area contributed by atoms with E-state index in [2.05, 4.69) is 10.2 Å². The molecule has 0 aromatic heterocycles. The highest BCUT2D eigenvalue weighted by Gasteiger charge is 2.49. The van der Waals surface area contributed by atoms with Gasteiger partial charge in [-0.05, 0) is 56.3 Å². The van der Waals surface area contributed by atoms with E-state index in [1.807, 2.05) is 6.07 Å². The van der Waals surface area contributed by atoms with Crippen LogP contribution in [0.3, 0.4) is 0 Å². The summed E-state index contributed by atoms with van der Waals surface area (Å²) in [6.45, 7) is 2.96. The second-order valence-corrected chi connectivity index (χ2v) is 7.30. The summed E-state index contributed by atoms with van der Waals surface area (Å²) in [7, 11) is 0. The van der Waals surface area contributed by atoms with Crippen molar-refractivity contribution in [1.82, 2.24) is 10.2 Å². The number of halogens is 2. The number of amides is 1. The highest BCUT2D eigenvalue weighted by molar-refractivity contribution is 5.89. The maximum absolute atomic E-state index is 13.9. The van der Waals surface area contributed by atoms with Gasteiger partial charge in [0, 0.05) is 31.8 Å². The normalized spacial score (nSPS) is 28.1. The molecular weight excluding hydrogens is 343 g/mol. The van der Waals surface area contributed by atoms with E-state index in [4.69, 9.17) is 4.74 Å². The number of nitrogens with one attached hydrogen (secondary N) is 1. The third-order valence-electron chi connectivity index (χ3n) is 6.02. The van der Waals surface area contributed by atoms with Crippen LogP contribution in [0.4, 0.5) is 4.39 Å². The minimum atomic E-state index is -0.633. The molecule has 0 spiro atoms. The van der Waals surface area contributed by atoms with Crippen molar-refractivity contribution in [2.75, 3.05) is 26.3 Å². The summed E-state index contributed by atoms with van der Waals surface area (Å²) in [6, 6.07) is 7.21. The molecule has 25 heavy (non-hydrogen) atoms. The highest BCUT2D eigenvalue weighted by atomic mass is 35.5. The first kappa shape index (κ1) is 18.6. The van der Waals surface area contributed by atoms with E-state index in [0.29, 0.717) is 32.1 Å². The van der Waals surface area contributed by atoms with Gasteiger partial charge in [-0.15, -0.1) is 12.4 Å². The summed E-state index contributed by atoms with van der Waals surface area (Å²) < 4.78 is 19.4. The molecule has 0 radical (unpaired) electrons. The van der Waals surface area contributed by atoms with Crippen molar-refractivity contribution in [3.63, 3.8) is 0 Å². The summed E-state index contributed by atoms with van der Waals surface area (Å²) in [5.74, 6) is -0.0840. The number of carbonyl (C=O) groups excluding carboxylic acids is 1. The van der Waals surface area contributed by atoms with Crippen LogP contribution in [0.15, 0.2) is 24.3 Å². The average molecular weight is 369 g/mol. The van der Waals surface area contributed by atoms with Crippen molar-refractivity contribution < 1.29 is 13.9 Å². The molecule has 2 bridgehead atoms. The van der Waals surface area contributed by atoms with Gasteiger partial charge in [-0.3, -0.25) is 4.79 Å². The third kappa shape index (κ3) is 3.29. The van der Waals surface area contributed by atoms with Crippen molar-refractivity contribution in [1.29, 1.82) is 0 Å². The van der Waals surface area contributed by atoms with Crippen LogP contribution in [0.5, 0.6) is 0 Å². The van der Waals surface area contributed by atoms with Gasteiger partial charge in [0.1, 0.15) is 5.82 Å². The van der Waals surface area contributed by atoms with Gasteiger partial charge < -0.3 is 15.0 Å². The van der Waals surface area contributed by atoms with Crippen molar-refractivity contribution in [2.45, 2.75) is 49.6 Å². The molecule has 3 saturated heterocycles. The average Bonchev–Trinajstić information content (AvgIpc) is 2.87. The molecule has 1 N–H and O–H groups in total. The molecule has 1 aromatic carbocycles. The second kappa shape index (κ2) is 7.60. The zero-order chi connectivity index (χ0) is 16.6. The lowest BCUT2D eigenvalue weighted by molar-refractivity contribution is -0.144. The van der Waals surface area contributed by atoms with E-state index in [9.17, 15) is 9.18 Å². The standard InChI is InChI=1S/C19H25FN2O2.ClH/c20-15-3-1-2-14(12-15)19(7-10-24-11-8-19)18(23)22-16-4-5-17(22)13-21-9-6-16;/h1-3,12,16-17,21H,4-11,13H2;1H. The van der Waals surface area contributed by atoms with Crippen molar-refractivity contribution in [2.24, 2.45) is 0 Å². The van der Waals surface area contributed by atoms with E-state index in [0.717, 1.165) is 37.9 Å². The summed E-state index contributed by atoms with van der Waals surface area (Å²) in [4.78, 5) is 15.9. The molecule has 4 rings (SSSR count). The molecule has 6 heteroatoms. The Morgan fingerprint density at radius 1 is 1.20 bits per heavy atom. The Bertz CT molecular complexity index is 607. The molecule has 3 heterocycles. The minimum Gasteiger partial charge on any atom is -0.381 e. The number of carbonyl (C=O) groups is 1. The molecule has 1 amide bonds. The molecule has 2 unspecified atom stereocenters. The van der Waals surface area contributed by atoms with Gasteiger partial charge in [0.2, 0.25) is 5.91 Å². The van der Waals surface area contributed by atoms with Crippen molar-refractivity contribution in [3.8, 4) is 0 Å². The van der Waals surface area contributed by atoms with E-state index < -0.39 is 5.41 Å². The minimum absolute atomic E-state index is 0. The summed E-state index contributed by atoms with van der Waals surface area (Å²) in [5.41, 5.74) is 0.179. The van der Waals surface area contributed by atoms with Gasteiger partial charge in [-0.2, -0.15) is 0 Å². The van der Waals surface area contributed by atoms with Crippen LogP contribution in [0.1, 0.15) is 37.7 Å². The van der Waals surface area contributed by atoms with Crippen LogP contribution in [-0.4, -0.2) is 49.2 Å². The molecule has 1 aromatic rings. The molecule has 3 fully saturated rings. The van der Waals surface area contributed by atoms with Crippen LogP contribution >= 0.6 is 12.4 Å². The quantitative estimate of drug-likeness (QED) is 0.872. The zero-order valence-electron chi connectivity index (χ0n) is 14.4. The van der Waals surface area contributed by atoms with E-state index >= 15 is 0 Å². The van der Waals surface area contributed by atoms with Gasteiger partial charge in [0.25, 0.3) is 0 Å². The second-order valence-electron chi connectivity index (χ2n) is 7.30. The fourth-order valence-electron chi connectivity index (χ4n) is 4.69. The smallest absolute Gasteiger partial charge is 0.233 e. The van der Waals surface area contributed by atoms with Crippen molar-refractivity contribution >= 4 is 18.3 Å². The van der Waals surface area contributed by atoms with Crippen LogP contribution in [0, 0.1) is 5.82 Å². The monoisotopic (exact) mass is 368 g/mol. The van der Waals surface area contributed by atoms with Gasteiger partial charge in [-0.1, -0.05) is 12.1 Å². The number of fused-ring (bicyclic) bond motifs is 2. The van der Waals surface area contributed by atoms with Crippen LogP contribution in [0.25, 0.3) is 0 Å². The Balaban J connectivity index is 0.00000182. The van der Waals surface area contributed by atoms with Gasteiger partial charge in [0.05, 0.1) is 5.41 Å². The number of rotatable bonds is 2. The maximum atomic E-state index is 13.9. The Hall–Kier alpha value is -1.17. The van der Waals surface area contributed by atoms with E-state index in [-0.39, 0.29) is 30.2 Å². The first-order chi connectivity index (χ1) is 11.7. The van der Waals surface area contributed by atoms with Crippen molar-refractivity contribution in [3.05, 3.63) is 35.6 Å². The predicted octanol–water partition coefficient (Wildman–Crippen LogP) is 2.65. The first-order valence-electron chi connectivity index (χ1n) is 9.08. The molecule has 4 nitrogen and oxygen atoms in total. The molecule has 3 aliphatic heterocycles. The van der Waals surface area contributed by atoms with Gasteiger partial charge in [0.15, 0.2) is 0 Å².